The second-order valence-corrected chi connectivity index (χ2v) is 9.78. The quantitative estimate of drug-likeness (QED) is 0.311. The number of hydrogen-bond acceptors (Lipinski definition) is 3. The number of hydrogen-bond donors (Lipinski definition) is 2. The Bertz CT molecular complexity index is 1480. The van der Waals surface area contributed by atoms with Gasteiger partial charge in [0.2, 0.25) is 0 Å². The van der Waals surface area contributed by atoms with Gasteiger partial charge in [-0.3, -0.25) is 4.90 Å². The minimum absolute atomic E-state index is 0.0866. The van der Waals surface area contributed by atoms with E-state index < -0.39 is 17.7 Å². The first-order valence-corrected chi connectivity index (χ1v) is 12.8. The van der Waals surface area contributed by atoms with Crippen LogP contribution in [0.1, 0.15) is 47.3 Å². The first kappa shape index (κ1) is 25.6. The zero-order chi connectivity index (χ0) is 27.0. The molecule has 3 aromatic carbocycles. The molecule has 38 heavy (non-hydrogen) atoms. The van der Waals surface area contributed by atoms with Crippen LogP contribution in [-0.4, -0.2) is 27.3 Å². The monoisotopic (exact) mass is 515 g/mol. The molecule has 3 N–H and O–H groups in total. The maximum atomic E-state index is 15.7. The van der Waals surface area contributed by atoms with Crippen LogP contribution in [0.15, 0.2) is 60.7 Å². The predicted octanol–water partition coefficient (Wildman–Crippen LogP) is 6.43. The van der Waals surface area contributed by atoms with Crippen molar-refractivity contribution in [2.24, 2.45) is 5.73 Å². The summed E-state index contributed by atoms with van der Waals surface area (Å²) >= 11 is 0. The van der Waals surface area contributed by atoms with Crippen molar-refractivity contribution in [2.45, 2.75) is 46.2 Å². The van der Waals surface area contributed by atoms with Crippen molar-refractivity contribution < 1.29 is 13.6 Å². The Hall–Kier alpha value is -4.04. The molecule has 8 heteroatoms. The van der Waals surface area contributed by atoms with E-state index in [1.807, 2.05) is 50.2 Å². The molecule has 0 saturated carbocycles. The van der Waals surface area contributed by atoms with Crippen LogP contribution >= 0.6 is 0 Å². The van der Waals surface area contributed by atoms with Crippen molar-refractivity contribution in [3.63, 3.8) is 0 Å². The van der Waals surface area contributed by atoms with Gasteiger partial charge in [0.25, 0.3) is 0 Å². The number of carbonyl (C=O) groups excluding carboxylic acids is 1. The highest BCUT2D eigenvalue weighted by Crippen LogP contribution is 2.39. The molecule has 2 heterocycles. The maximum Gasteiger partial charge on any atom is 0.316 e. The topological polar surface area (TPSA) is 76.2 Å². The average molecular weight is 516 g/mol. The second kappa shape index (κ2) is 10.4. The van der Waals surface area contributed by atoms with Gasteiger partial charge in [0.1, 0.15) is 11.6 Å². The lowest BCUT2D eigenvalue weighted by Crippen LogP contribution is -2.34. The molecule has 0 saturated heterocycles. The molecule has 2 amide bonds. The number of nitrogens with one attached hydrogen (secondary N) is 1. The summed E-state index contributed by atoms with van der Waals surface area (Å²) in [5.41, 5.74) is 11.2. The number of nitrogens with zero attached hydrogens (tertiary/aromatic N) is 3. The fraction of sp³-hybridized carbons (Fsp3) is 0.267. The molecular weight excluding hydrogens is 484 g/mol. The Morgan fingerprint density at radius 3 is 2.42 bits per heavy atom. The molecule has 6 nitrogen and oxygen atoms in total. The van der Waals surface area contributed by atoms with E-state index in [1.54, 1.807) is 4.68 Å². The lowest BCUT2D eigenvalue weighted by molar-refractivity contribution is 0.174. The number of aromatic nitrogens is 2. The van der Waals surface area contributed by atoms with E-state index in [-0.39, 0.29) is 17.3 Å². The van der Waals surface area contributed by atoms with Gasteiger partial charge in [-0.05, 0) is 43.0 Å². The molecule has 5 rings (SSSR count). The number of fused-ring (bicyclic) bond motifs is 1. The molecule has 1 aliphatic rings. The van der Waals surface area contributed by atoms with E-state index >= 15 is 8.78 Å². The number of urea groups is 1. The fourth-order valence-corrected chi connectivity index (χ4v) is 5.58. The van der Waals surface area contributed by atoms with E-state index in [2.05, 4.69) is 29.3 Å². The number of anilines is 1. The summed E-state index contributed by atoms with van der Waals surface area (Å²) in [6.45, 7) is 7.48. The van der Waals surface area contributed by atoms with E-state index in [4.69, 9.17) is 10.8 Å². The summed E-state index contributed by atoms with van der Waals surface area (Å²) < 4.78 is 32.6. The highest BCUT2D eigenvalue weighted by molar-refractivity contribution is 5.88. The van der Waals surface area contributed by atoms with E-state index in [0.29, 0.717) is 18.7 Å². The summed E-state index contributed by atoms with van der Waals surface area (Å²) in [6.07, 6.45) is 1.60. The Balaban J connectivity index is 1.69. The summed E-state index contributed by atoms with van der Waals surface area (Å²) in [5, 5.41) is 7.12. The van der Waals surface area contributed by atoms with Gasteiger partial charge in [-0.1, -0.05) is 55.5 Å². The lowest BCUT2D eigenvalue weighted by Gasteiger charge is -2.34. The van der Waals surface area contributed by atoms with Crippen LogP contribution in [0.4, 0.5) is 19.3 Å². The first-order chi connectivity index (χ1) is 18.3. The number of carbonyl (C=O) groups is 1. The van der Waals surface area contributed by atoms with Gasteiger partial charge in [-0.2, -0.15) is 5.10 Å². The highest BCUT2D eigenvalue weighted by atomic mass is 19.1. The van der Waals surface area contributed by atoms with Crippen molar-refractivity contribution in [3.8, 4) is 16.9 Å². The van der Waals surface area contributed by atoms with Crippen LogP contribution in [0, 0.1) is 25.5 Å². The third-order valence-corrected chi connectivity index (χ3v) is 7.30. The Morgan fingerprint density at radius 1 is 1.05 bits per heavy atom. The number of rotatable bonds is 6. The third kappa shape index (κ3) is 4.67. The Kier molecular flexibility index (Phi) is 6.99. The van der Waals surface area contributed by atoms with Crippen molar-refractivity contribution in [1.29, 1.82) is 0 Å². The zero-order valence-corrected chi connectivity index (χ0v) is 21.8. The fourth-order valence-electron chi connectivity index (χ4n) is 5.58. The van der Waals surface area contributed by atoms with E-state index in [1.165, 1.54) is 5.56 Å². The molecule has 0 fully saturated rings. The largest absolute Gasteiger partial charge is 0.351 e. The molecule has 1 aromatic heterocycles. The summed E-state index contributed by atoms with van der Waals surface area (Å²) in [6, 6.07) is 17.6. The molecule has 196 valence electrons. The normalized spacial score (nSPS) is 14.2. The minimum atomic E-state index is -0.962. The van der Waals surface area contributed by atoms with E-state index in [0.717, 1.165) is 53.2 Å². The number of para-hydroxylation sites is 1. The van der Waals surface area contributed by atoms with Gasteiger partial charge in [0.15, 0.2) is 0 Å². The van der Waals surface area contributed by atoms with Crippen molar-refractivity contribution >= 4 is 11.7 Å². The molecular formula is C30H31F2N5O. The highest BCUT2D eigenvalue weighted by Gasteiger charge is 2.31. The van der Waals surface area contributed by atoms with Crippen LogP contribution in [0.5, 0.6) is 0 Å². The number of halogens is 2. The molecule has 1 atom stereocenters. The van der Waals surface area contributed by atoms with Crippen LogP contribution in [0.3, 0.4) is 0 Å². The standard InChI is InChI=1S/C30H31F2N5O/c1-4-27(20-11-6-5-7-12-20)36-14-13-25-22(17-36)29(37(35-25)28-18(2)9-8-10-19(28)3)21-15-24(32)26(16-23(21)31)34-30(33)38/h5-12,15-16,27H,4,13-14,17H2,1-3H3,(H3,33,34,38)/t27-/m0/s1. The maximum absolute atomic E-state index is 15.7. The number of amides is 2. The third-order valence-electron chi connectivity index (χ3n) is 7.30. The zero-order valence-electron chi connectivity index (χ0n) is 21.8. The summed E-state index contributed by atoms with van der Waals surface area (Å²) in [7, 11) is 0. The lowest BCUT2D eigenvalue weighted by atomic mass is 9.95. The molecule has 0 bridgehead atoms. The molecule has 4 aromatic rings. The molecule has 0 radical (unpaired) electrons. The Morgan fingerprint density at radius 2 is 1.76 bits per heavy atom. The molecule has 0 aliphatic carbocycles. The number of aryl methyl sites for hydroxylation is 2. The van der Waals surface area contributed by atoms with Crippen LogP contribution in [0.2, 0.25) is 0 Å². The Labute approximate surface area is 221 Å². The smallest absolute Gasteiger partial charge is 0.316 e. The molecule has 1 aliphatic heterocycles. The number of primary amides is 1. The van der Waals surface area contributed by atoms with Crippen molar-refractivity contribution in [2.75, 3.05) is 11.9 Å². The van der Waals surface area contributed by atoms with Gasteiger partial charge in [-0.25, -0.2) is 18.3 Å². The van der Waals surface area contributed by atoms with Gasteiger partial charge >= 0.3 is 6.03 Å². The first-order valence-electron chi connectivity index (χ1n) is 12.8. The second-order valence-electron chi connectivity index (χ2n) is 9.78. The van der Waals surface area contributed by atoms with Crippen LogP contribution < -0.4 is 11.1 Å². The van der Waals surface area contributed by atoms with Gasteiger partial charge in [0.05, 0.1) is 22.8 Å². The van der Waals surface area contributed by atoms with Crippen molar-refractivity contribution in [1.82, 2.24) is 14.7 Å². The van der Waals surface area contributed by atoms with E-state index in [9.17, 15) is 4.79 Å². The van der Waals surface area contributed by atoms with Gasteiger partial charge in [-0.15, -0.1) is 0 Å². The van der Waals surface area contributed by atoms with Gasteiger partial charge in [0, 0.05) is 42.7 Å². The van der Waals surface area contributed by atoms with Crippen LogP contribution in [-0.2, 0) is 13.0 Å². The molecule has 0 spiro atoms. The van der Waals surface area contributed by atoms with Gasteiger partial charge < -0.3 is 11.1 Å². The number of nitrogens with two attached hydrogens (primary N) is 1. The summed E-state index contributed by atoms with van der Waals surface area (Å²) in [4.78, 5) is 13.7. The summed E-state index contributed by atoms with van der Waals surface area (Å²) in [5.74, 6) is -1.44. The SMILES string of the molecule is CC[C@@H](c1ccccc1)N1CCc2nn(-c3c(C)cccc3C)c(-c3cc(F)c(NC(N)=O)cc3F)c2C1. The molecule has 0 unspecified atom stereocenters. The predicted molar refractivity (Wildman–Crippen MR) is 145 cm³/mol. The van der Waals surface area contributed by atoms with Crippen molar-refractivity contribution in [3.05, 3.63) is 100 Å². The minimum Gasteiger partial charge on any atom is -0.351 e. The number of benzene rings is 3. The average Bonchev–Trinajstić information content (AvgIpc) is 3.25. The van der Waals surface area contributed by atoms with Crippen LogP contribution in [0.25, 0.3) is 16.9 Å².